The lowest BCUT2D eigenvalue weighted by Crippen LogP contribution is -2.03. The van der Waals surface area contributed by atoms with Crippen LogP contribution in [0.3, 0.4) is 0 Å². The largest absolute Gasteiger partial charge is 0.388 e. The van der Waals surface area contributed by atoms with Crippen molar-refractivity contribution in [1.29, 1.82) is 0 Å². The van der Waals surface area contributed by atoms with Crippen LogP contribution in [0.4, 0.5) is 14.6 Å². The molecule has 0 aliphatic rings. The predicted molar refractivity (Wildman–Crippen MR) is 49.5 cm³/mol. The van der Waals surface area contributed by atoms with Gasteiger partial charge >= 0.3 is 5.82 Å². The molecule has 1 aromatic rings. The van der Waals surface area contributed by atoms with Gasteiger partial charge < -0.3 is 15.2 Å². The summed E-state index contributed by atoms with van der Waals surface area (Å²) >= 11 is 2.77. The lowest BCUT2D eigenvalue weighted by atomic mass is 10.2. The van der Waals surface area contributed by atoms with Gasteiger partial charge in [-0.15, -0.1) is 0 Å². The molecule has 5 nitrogen and oxygen atoms in total. The first-order chi connectivity index (χ1) is 6.97. The monoisotopic (exact) mass is 282 g/mol. The quantitative estimate of drug-likeness (QED) is 0.681. The van der Waals surface area contributed by atoms with Gasteiger partial charge in [-0.05, 0) is 25.8 Å². The Morgan fingerprint density at radius 1 is 1.67 bits per heavy atom. The molecular formula is C7H5BrF2N2O3. The molecule has 0 amide bonds. The Morgan fingerprint density at radius 3 is 2.67 bits per heavy atom. The second kappa shape index (κ2) is 4.58. The molecule has 0 saturated carbocycles. The van der Waals surface area contributed by atoms with Gasteiger partial charge in [-0.3, -0.25) is 0 Å². The van der Waals surface area contributed by atoms with Gasteiger partial charge in [-0.2, -0.15) is 0 Å². The van der Waals surface area contributed by atoms with Gasteiger partial charge in [0.05, 0.1) is 11.6 Å². The van der Waals surface area contributed by atoms with E-state index in [4.69, 9.17) is 5.11 Å². The molecule has 1 heterocycles. The van der Waals surface area contributed by atoms with Crippen LogP contribution in [0.5, 0.6) is 0 Å². The lowest BCUT2D eigenvalue weighted by Gasteiger charge is -2.04. The van der Waals surface area contributed by atoms with Crippen LogP contribution in [0.2, 0.25) is 0 Å². The summed E-state index contributed by atoms with van der Waals surface area (Å²) < 4.78 is 24.8. The summed E-state index contributed by atoms with van der Waals surface area (Å²) in [4.78, 5) is 12.8. The zero-order chi connectivity index (χ0) is 11.6. The molecule has 1 rings (SSSR count). The number of aromatic nitrogens is 1. The molecule has 0 saturated heterocycles. The van der Waals surface area contributed by atoms with Crippen LogP contribution in [0.15, 0.2) is 10.5 Å². The minimum atomic E-state index is -2.85. The molecular weight excluding hydrogens is 278 g/mol. The highest BCUT2D eigenvalue weighted by Crippen LogP contribution is 2.32. The molecule has 82 valence electrons. The van der Waals surface area contributed by atoms with E-state index in [1.807, 2.05) is 0 Å². The summed E-state index contributed by atoms with van der Waals surface area (Å²) in [5.74, 6) is -0.588. The zero-order valence-electron chi connectivity index (χ0n) is 7.15. The maximum atomic E-state index is 12.5. The fraction of sp³-hybridized carbons (Fsp3) is 0.286. The number of aliphatic hydroxyl groups is 1. The van der Waals surface area contributed by atoms with Crippen molar-refractivity contribution in [3.05, 3.63) is 31.9 Å². The maximum Gasteiger partial charge on any atom is 0.364 e. The molecule has 0 fully saturated rings. The maximum absolute atomic E-state index is 12.5. The number of hydrogen-bond acceptors (Lipinski definition) is 4. The standard InChI is InChI=1S/C7H5BrF2N2O3/c8-3-1-5(12(14)15)11-4(2-13)6(3)7(9)10/h1,7,13H,2H2. The normalized spacial score (nSPS) is 10.7. The number of alkyl halides is 2. The number of pyridine rings is 1. The van der Waals surface area contributed by atoms with Crippen molar-refractivity contribution >= 4 is 21.7 Å². The van der Waals surface area contributed by atoms with Crippen LogP contribution in [-0.4, -0.2) is 15.0 Å². The molecule has 0 bridgehead atoms. The summed E-state index contributed by atoms with van der Waals surface area (Å²) in [6.45, 7) is -0.778. The van der Waals surface area contributed by atoms with E-state index < -0.39 is 35.0 Å². The first-order valence-electron chi connectivity index (χ1n) is 3.70. The fourth-order valence-electron chi connectivity index (χ4n) is 1.00. The highest BCUT2D eigenvalue weighted by atomic mass is 79.9. The van der Waals surface area contributed by atoms with Gasteiger partial charge in [0.15, 0.2) is 5.69 Å². The molecule has 8 heteroatoms. The number of aliphatic hydroxyl groups excluding tert-OH is 1. The van der Waals surface area contributed by atoms with Crippen molar-refractivity contribution in [3.8, 4) is 0 Å². The zero-order valence-corrected chi connectivity index (χ0v) is 8.74. The number of nitrogens with zero attached hydrogens (tertiary/aromatic N) is 2. The molecule has 0 aliphatic carbocycles. The molecule has 0 aromatic carbocycles. The van der Waals surface area contributed by atoms with Gasteiger partial charge in [-0.1, -0.05) is 0 Å². The van der Waals surface area contributed by atoms with Crippen LogP contribution in [0.1, 0.15) is 17.7 Å². The molecule has 0 atom stereocenters. The van der Waals surface area contributed by atoms with Crippen LogP contribution >= 0.6 is 15.9 Å². The SMILES string of the molecule is O=[N+]([O-])c1cc(Br)c(C(F)F)c(CO)n1. The van der Waals surface area contributed by atoms with Crippen molar-refractivity contribution in [3.63, 3.8) is 0 Å². The lowest BCUT2D eigenvalue weighted by molar-refractivity contribution is -0.389. The molecule has 0 aliphatic heterocycles. The molecule has 1 aromatic heterocycles. The van der Waals surface area contributed by atoms with Crippen molar-refractivity contribution in [2.45, 2.75) is 13.0 Å². The minimum absolute atomic E-state index is 0.136. The summed E-state index contributed by atoms with van der Waals surface area (Å²) in [6.07, 6.45) is -2.85. The van der Waals surface area contributed by atoms with E-state index in [2.05, 4.69) is 20.9 Å². The third-order valence-corrected chi connectivity index (χ3v) is 2.28. The van der Waals surface area contributed by atoms with E-state index >= 15 is 0 Å². The Morgan fingerprint density at radius 2 is 2.27 bits per heavy atom. The molecule has 0 spiro atoms. The van der Waals surface area contributed by atoms with Crippen LogP contribution in [-0.2, 0) is 6.61 Å². The van der Waals surface area contributed by atoms with Gasteiger partial charge in [-0.25, -0.2) is 8.78 Å². The van der Waals surface area contributed by atoms with Crippen LogP contribution in [0.25, 0.3) is 0 Å². The minimum Gasteiger partial charge on any atom is -0.388 e. The smallest absolute Gasteiger partial charge is 0.364 e. The Labute approximate surface area is 91.0 Å². The number of halogens is 3. The average molecular weight is 283 g/mol. The summed E-state index contributed by atoms with van der Waals surface area (Å²) in [6, 6.07) is 0.876. The van der Waals surface area contributed by atoms with Crippen molar-refractivity contribution in [2.75, 3.05) is 0 Å². The topological polar surface area (TPSA) is 76.3 Å². The fourth-order valence-corrected chi connectivity index (χ4v) is 1.61. The second-order valence-electron chi connectivity index (χ2n) is 2.54. The van der Waals surface area contributed by atoms with Crippen molar-refractivity contribution in [1.82, 2.24) is 4.98 Å². The van der Waals surface area contributed by atoms with E-state index in [1.54, 1.807) is 0 Å². The van der Waals surface area contributed by atoms with Crippen LogP contribution in [0, 0.1) is 10.1 Å². The van der Waals surface area contributed by atoms with Crippen molar-refractivity contribution in [2.24, 2.45) is 0 Å². The molecule has 0 radical (unpaired) electrons. The summed E-state index contributed by atoms with van der Waals surface area (Å²) in [5.41, 5.74) is -0.922. The van der Waals surface area contributed by atoms with Crippen molar-refractivity contribution < 1.29 is 18.8 Å². The number of nitro groups is 1. The van der Waals surface area contributed by atoms with E-state index in [0.29, 0.717) is 0 Å². The van der Waals surface area contributed by atoms with Gasteiger partial charge in [0.2, 0.25) is 0 Å². The average Bonchev–Trinajstić information content (AvgIpc) is 2.15. The van der Waals surface area contributed by atoms with E-state index in [1.165, 1.54) is 0 Å². The first-order valence-corrected chi connectivity index (χ1v) is 4.49. The highest BCUT2D eigenvalue weighted by molar-refractivity contribution is 9.10. The third kappa shape index (κ3) is 2.45. The van der Waals surface area contributed by atoms with E-state index in [-0.39, 0.29) is 4.47 Å². The first kappa shape index (κ1) is 11.9. The molecule has 1 N–H and O–H groups in total. The number of hydrogen-bond donors (Lipinski definition) is 1. The van der Waals surface area contributed by atoms with Gasteiger partial charge in [0.1, 0.15) is 6.61 Å². The highest BCUT2D eigenvalue weighted by Gasteiger charge is 2.24. The summed E-state index contributed by atoms with van der Waals surface area (Å²) in [7, 11) is 0. The van der Waals surface area contributed by atoms with Crippen LogP contribution < -0.4 is 0 Å². The van der Waals surface area contributed by atoms with E-state index in [0.717, 1.165) is 6.07 Å². The Kier molecular flexibility index (Phi) is 3.64. The predicted octanol–water partition coefficient (Wildman–Crippen LogP) is 2.18. The van der Waals surface area contributed by atoms with Gasteiger partial charge in [0.25, 0.3) is 6.43 Å². The molecule has 15 heavy (non-hydrogen) atoms. The Balaban J connectivity index is 3.37. The van der Waals surface area contributed by atoms with E-state index in [9.17, 15) is 18.9 Å². The molecule has 0 unspecified atom stereocenters. The Bertz CT molecular complexity index is 400. The summed E-state index contributed by atoms with van der Waals surface area (Å²) in [5, 5.41) is 19.1. The second-order valence-corrected chi connectivity index (χ2v) is 3.39. The van der Waals surface area contributed by atoms with Gasteiger partial charge in [0, 0.05) is 4.47 Å². The Hall–Kier alpha value is -1.15. The third-order valence-electron chi connectivity index (χ3n) is 1.63. The number of rotatable bonds is 3.